The van der Waals surface area contributed by atoms with Crippen molar-refractivity contribution in [2.24, 2.45) is 0 Å². The van der Waals surface area contributed by atoms with Crippen molar-refractivity contribution in [2.45, 2.75) is 26.7 Å². The Morgan fingerprint density at radius 2 is 1.53 bits per heavy atom. The predicted octanol–water partition coefficient (Wildman–Crippen LogP) is 0.827. The fraction of sp³-hybridized carbons (Fsp3) is 0.800. The van der Waals surface area contributed by atoms with Crippen molar-refractivity contribution < 1.29 is 29.6 Å². The number of rotatable bonds is 5. The number of aliphatic hydroxyl groups excluding tert-OH is 2. The minimum Gasteiger partial charge on any atom is -0.481 e. The summed E-state index contributed by atoms with van der Waals surface area (Å²) in [6, 6.07) is 0. The number of carboxylic acids is 1. The van der Waals surface area contributed by atoms with E-state index in [2.05, 4.69) is 27.3 Å². The van der Waals surface area contributed by atoms with Gasteiger partial charge in [0.25, 0.3) is 0 Å². The van der Waals surface area contributed by atoms with Crippen LogP contribution in [0.1, 0.15) is 26.7 Å². The van der Waals surface area contributed by atoms with Crippen LogP contribution in [0.2, 0.25) is 0 Å². The third-order valence-corrected chi connectivity index (χ3v) is 1.51. The SMILES string of the molecule is CCC(=O)O.CCC(=O)OCCO.OCCI. The van der Waals surface area contributed by atoms with E-state index in [9.17, 15) is 9.59 Å². The third-order valence-electron chi connectivity index (χ3n) is 1.03. The molecule has 0 saturated heterocycles. The Kier molecular flexibility index (Phi) is 26.9. The van der Waals surface area contributed by atoms with Crippen LogP contribution in [-0.2, 0) is 14.3 Å². The minimum absolute atomic E-state index is 0.0915. The fourth-order valence-corrected chi connectivity index (χ4v) is 0.262. The molecule has 3 N–H and O–H groups in total. The normalized spacial score (nSPS) is 8.06. The number of carbonyl (C=O) groups is 2. The van der Waals surface area contributed by atoms with Crippen LogP contribution in [-0.4, -0.2) is 51.5 Å². The topological polar surface area (TPSA) is 104 Å². The van der Waals surface area contributed by atoms with Gasteiger partial charge in [-0.05, 0) is 0 Å². The van der Waals surface area contributed by atoms with E-state index < -0.39 is 5.97 Å². The molecular weight excluding hydrogens is 343 g/mol. The first-order valence-corrected chi connectivity index (χ1v) is 6.67. The van der Waals surface area contributed by atoms with Crippen molar-refractivity contribution in [1.82, 2.24) is 0 Å². The molecular formula is C10H21IO6. The Labute approximate surface area is 115 Å². The van der Waals surface area contributed by atoms with Gasteiger partial charge in [0.2, 0.25) is 0 Å². The number of alkyl halides is 1. The maximum absolute atomic E-state index is 10.2. The van der Waals surface area contributed by atoms with Gasteiger partial charge in [-0.2, -0.15) is 0 Å². The molecule has 0 aliphatic heterocycles. The number of hydrogen-bond donors (Lipinski definition) is 3. The lowest BCUT2D eigenvalue weighted by molar-refractivity contribution is -0.144. The molecule has 0 heterocycles. The van der Waals surface area contributed by atoms with Gasteiger partial charge < -0.3 is 20.1 Å². The number of aliphatic hydroxyl groups is 2. The van der Waals surface area contributed by atoms with Gasteiger partial charge in [0.05, 0.1) is 13.2 Å². The zero-order chi connectivity index (χ0) is 14.1. The highest BCUT2D eigenvalue weighted by atomic mass is 127. The van der Waals surface area contributed by atoms with Crippen LogP contribution < -0.4 is 0 Å². The molecule has 0 rings (SSSR count). The number of hydrogen-bond acceptors (Lipinski definition) is 5. The summed E-state index contributed by atoms with van der Waals surface area (Å²) >= 11 is 2.10. The molecule has 0 aliphatic carbocycles. The fourth-order valence-electron chi connectivity index (χ4n) is 0.262. The summed E-state index contributed by atoms with van der Waals surface area (Å²) < 4.78 is 5.30. The minimum atomic E-state index is -0.745. The van der Waals surface area contributed by atoms with E-state index in [0.29, 0.717) is 13.0 Å². The molecule has 0 saturated carbocycles. The Balaban J connectivity index is -0.000000188. The lowest BCUT2D eigenvalue weighted by Gasteiger charge is -1.96. The van der Waals surface area contributed by atoms with E-state index >= 15 is 0 Å². The summed E-state index contributed by atoms with van der Waals surface area (Å²) in [6.45, 7) is 3.64. The standard InChI is InChI=1S/C5H10O3.C3H6O2.C2H5IO/c1-2-5(7)8-4-3-6;1-2-3(4)5;3-1-2-4/h6H,2-4H2,1H3;2H2,1H3,(H,4,5);4H,1-2H2. The predicted molar refractivity (Wildman–Crippen MR) is 72.2 cm³/mol. The highest BCUT2D eigenvalue weighted by molar-refractivity contribution is 14.1. The van der Waals surface area contributed by atoms with Gasteiger partial charge in [-0.15, -0.1) is 0 Å². The molecule has 0 fully saturated rings. The van der Waals surface area contributed by atoms with Crippen LogP contribution in [0.3, 0.4) is 0 Å². The number of aliphatic carboxylic acids is 1. The molecule has 0 radical (unpaired) electrons. The third kappa shape index (κ3) is 39.0. The van der Waals surface area contributed by atoms with Crippen molar-refractivity contribution in [2.75, 3.05) is 24.2 Å². The number of carboxylic acid groups (broad SMARTS) is 1. The van der Waals surface area contributed by atoms with Gasteiger partial charge in [-0.1, -0.05) is 36.4 Å². The lowest BCUT2D eigenvalue weighted by Crippen LogP contribution is -2.06. The molecule has 0 aromatic rings. The molecule has 0 atom stereocenters. The van der Waals surface area contributed by atoms with Crippen molar-refractivity contribution >= 4 is 34.5 Å². The van der Waals surface area contributed by atoms with Gasteiger partial charge in [-0.25, -0.2) is 0 Å². The molecule has 0 aliphatic rings. The molecule has 7 heteroatoms. The maximum atomic E-state index is 10.2. The molecule has 0 amide bonds. The summed E-state index contributed by atoms with van der Waals surface area (Å²) in [6.07, 6.45) is 0.597. The van der Waals surface area contributed by atoms with Crippen molar-refractivity contribution in [3.05, 3.63) is 0 Å². The Hall–Kier alpha value is -0.410. The van der Waals surface area contributed by atoms with Crippen molar-refractivity contribution in [3.8, 4) is 0 Å². The largest absolute Gasteiger partial charge is 0.481 e. The highest BCUT2D eigenvalue weighted by Crippen LogP contribution is 1.81. The van der Waals surface area contributed by atoms with Crippen LogP contribution in [0.25, 0.3) is 0 Å². The quantitative estimate of drug-likeness (QED) is 0.379. The molecule has 6 nitrogen and oxygen atoms in total. The molecule has 104 valence electrons. The number of carbonyl (C=O) groups excluding carboxylic acids is 1. The summed E-state index contributed by atoms with van der Waals surface area (Å²) in [5, 5.41) is 23.7. The van der Waals surface area contributed by atoms with E-state index in [0.717, 1.165) is 4.43 Å². The maximum Gasteiger partial charge on any atom is 0.305 e. The number of ether oxygens (including phenoxy) is 1. The van der Waals surface area contributed by atoms with E-state index in [1.165, 1.54) is 0 Å². The summed E-state index contributed by atoms with van der Waals surface area (Å²) in [5.74, 6) is -1.01. The zero-order valence-corrected chi connectivity index (χ0v) is 12.3. The van der Waals surface area contributed by atoms with Gasteiger partial charge in [0.1, 0.15) is 6.61 Å². The molecule has 0 unspecified atom stereocenters. The molecule has 0 aromatic heterocycles. The van der Waals surface area contributed by atoms with E-state index in [-0.39, 0.29) is 25.6 Å². The van der Waals surface area contributed by atoms with Gasteiger partial charge in [0, 0.05) is 17.3 Å². The second kappa shape index (κ2) is 20.9. The van der Waals surface area contributed by atoms with Gasteiger partial charge in [-0.3, -0.25) is 9.59 Å². The van der Waals surface area contributed by atoms with Crippen molar-refractivity contribution in [1.29, 1.82) is 0 Å². The van der Waals surface area contributed by atoms with E-state index in [4.69, 9.17) is 15.3 Å². The first-order valence-electron chi connectivity index (χ1n) is 5.15. The summed E-state index contributed by atoms with van der Waals surface area (Å²) in [4.78, 5) is 19.6. The zero-order valence-electron chi connectivity index (χ0n) is 10.2. The van der Waals surface area contributed by atoms with Crippen LogP contribution in [0.15, 0.2) is 0 Å². The molecule has 17 heavy (non-hydrogen) atoms. The first-order chi connectivity index (χ1) is 7.99. The van der Waals surface area contributed by atoms with Gasteiger partial charge >= 0.3 is 11.9 Å². The van der Waals surface area contributed by atoms with E-state index in [1.54, 1.807) is 13.8 Å². The van der Waals surface area contributed by atoms with Crippen LogP contribution >= 0.6 is 22.6 Å². The number of esters is 1. The highest BCUT2D eigenvalue weighted by Gasteiger charge is 1.93. The molecule has 0 spiro atoms. The van der Waals surface area contributed by atoms with Crippen LogP contribution in [0.5, 0.6) is 0 Å². The van der Waals surface area contributed by atoms with E-state index in [1.807, 2.05) is 0 Å². The second-order valence-corrected chi connectivity index (χ2v) is 3.54. The van der Waals surface area contributed by atoms with Crippen molar-refractivity contribution in [3.63, 3.8) is 0 Å². The summed E-state index contributed by atoms with van der Waals surface area (Å²) in [5.41, 5.74) is 0. The number of halogens is 1. The Bertz CT molecular complexity index is 172. The average Bonchev–Trinajstić information content (AvgIpc) is 2.36. The smallest absolute Gasteiger partial charge is 0.305 e. The Morgan fingerprint density at radius 1 is 1.12 bits per heavy atom. The lowest BCUT2D eigenvalue weighted by atomic mass is 10.5. The second-order valence-electron chi connectivity index (χ2n) is 2.46. The average molecular weight is 364 g/mol. The van der Waals surface area contributed by atoms with Crippen LogP contribution in [0.4, 0.5) is 0 Å². The molecule has 0 bridgehead atoms. The first kappa shape index (κ1) is 21.8. The molecule has 0 aromatic carbocycles. The Morgan fingerprint density at radius 3 is 1.71 bits per heavy atom. The van der Waals surface area contributed by atoms with Crippen LogP contribution in [0, 0.1) is 0 Å². The summed E-state index contributed by atoms with van der Waals surface area (Å²) in [7, 11) is 0. The van der Waals surface area contributed by atoms with Gasteiger partial charge in [0.15, 0.2) is 0 Å². The monoisotopic (exact) mass is 364 g/mol.